The number of carbonyl (C=O) groups excluding carboxylic acids is 1. The van der Waals surface area contributed by atoms with Crippen molar-refractivity contribution < 1.29 is 48.5 Å². The van der Waals surface area contributed by atoms with Gasteiger partial charge < -0.3 is 8.92 Å². The number of alkyl halides is 6. The van der Waals surface area contributed by atoms with Crippen molar-refractivity contribution in [1.82, 2.24) is 0 Å². The van der Waals surface area contributed by atoms with Gasteiger partial charge in [0.15, 0.2) is 5.75 Å². The number of hydrogen-bond donors (Lipinski definition) is 0. The maximum absolute atomic E-state index is 13.3. The van der Waals surface area contributed by atoms with Gasteiger partial charge in [-0.25, -0.2) is 4.79 Å². The molecule has 5 nitrogen and oxygen atoms in total. The van der Waals surface area contributed by atoms with Crippen molar-refractivity contribution in [3.8, 4) is 5.75 Å². The third-order valence-corrected chi connectivity index (χ3v) is 3.41. The van der Waals surface area contributed by atoms with Crippen LogP contribution in [-0.2, 0) is 27.2 Å². The molecule has 0 aliphatic rings. The number of ether oxygens (including phenoxy) is 1. The first-order valence-electron chi connectivity index (χ1n) is 7.06. The summed E-state index contributed by atoms with van der Waals surface area (Å²) in [6.07, 6.45) is -10.1. The molecule has 0 heterocycles. The van der Waals surface area contributed by atoms with Crippen LogP contribution in [0.3, 0.4) is 0 Å². The molecule has 0 amide bonds. The summed E-state index contributed by atoms with van der Waals surface area (Å²) in [6.45, 7) is 1.42. The van der Waals surface area contributed by atoms with E-state index in [1.165, 1.54) is 0 Å². The topological polar surface area (TPSA) is 69.7 Å². The highest BCUT2D eigenvalue weighted by Gasteiger charge is 2.49. The predicted molar refractivity (Wildman–Crippen MR) is 77.1 cm³/mol. The Morgan fingerprint density at radius 2 is 1.58 bits per heavy atom. The van der Waals surface area contributed by atoms with Crippen LogP contribution in [-0.4, -0.2) is 27.2 Å². The lowest BCUT2D eigenvalue weighted by Crippen LogP contribution is -2.24. The summed E-state index contributed by atoms with van der Waals surface area (Å²) in [5.74, 6) is -3.19. The van der Waals surface area contributed by atoms with Crippen molar-refractivity contribution in [2.75, 3.05) is 12.9 Å². The molecule has 0 atom stereocenters. The summed E-state index contributed by atoms with van der Waals surface area (Å²) < 4.78 is 110. The van der Waals surface area contributed by atoms with Crippen LogP contribution in [0.25, 0.3) is 0 Å². The lowest BCUT2D eigenvalue weighted by molar-refractivity contribution is -0.163. The van der Waals surface area contributed by atoms with E-state index in [0.29, 0.717) is 31.2 Å². The molecule has 26 heavy (non-hydrogen) atoms. The molecule has 0 spiro atoms. The lowest BCUT2D eigenvalue weighted by atomic mass is 9.98. The molecule has 0 aliphatic heterocycles. The minimum absolute atomic E-state index is 0.282. The van der Waals surface area contributed by atoms with Crippen LogP contribution in [0.2, 0.25) is 0 Å². The summed E-state index contributed by atoms with van der Waals surface area (Å²) in [5, 5.41) is 0. The zero-order valence-corrected chi connectivity index (χ0v) is 14.3. The number of rotatable bonds is 6. The number of unbranched alkanes of at least 4 members (excludes halogenated alkanes) is 1. The molecule has 0 aromatic heterocycles. The average molecular weight is 408 g/mol. The third-order valence-electron chi connectivity index (χ3n) is 2.93. The van der Waals surface area contributed by atoms with Crippen LogP contribution in [0, 0.1) is 0 Å². The lowest BCUT2D eigenvalue weighted by Gasteiger charge is -2.21. The molecule has 12 heteroatoms. The standard InChI is InChI=1S/C14H14F6O5S/c1-3-4-7-24-12(21)8-5-6-9(25-26(2,22)23)11(14(18,19)20)10(8)13(15,16)17/h5-6H,3-4,7H2,1-2H3. The van der Waals surface area contributed by atoms with Gasteiger partial charge in [0, 0.05) is 0 Å². The number of esters is 1. The predicted octanol–water partition coefficient (Wildman–Crippen LogP) is 4.02. The van der Waals surface area contributed by atoms with E-state index in [1.807, 2.05) is 0 Å². The Labute approximate surface area is 145 Å². The van der Waals surface area contributed by atoms with Gasteiger partial charge in [0.25, 0.3) is 0 Å². The number of halogens is 6. The molecule has 0 unspecified atom stereocenters. The van der Waals surface area contributed by atoms with Crippen LogP contribution in [0.5, 0.6) is 5.75 Å². The van der Waals surface area contributed by atoms with Gasteiger partial charge >= 0.3 is 28.4 Å². The summed E-state index contributed by atoms with van der Waals surface area (Å²) in [7, 11) is -4.56. The number of hydrogen-bond acceptors (Lipinski definition) is 5. The van der Waals surface area contributed by atoms with E-state index in [9.17, 15) is 39.6 Å². The SMILES string of the molecule is CCCCOC(=O)c1ccc(OS(C)(=O)=O)c(C(F)(F)F)c1C(F)(F)F. The molecular weight excluding hydrogens is 394 g/mol. The van der Waals surface area contributed by atoms with Gasteiger partial charge in [0.1, 0.15) is 5.56 Å². The van der Waals surface area contributed by atoms with Crippen molar-refractivity contribution in [3.63, 3.8) is 0 Å². The van der Waals surface area contributed by atoms with Crippen LogP contribution in [0.15, 0.2) is 12.1 Å². The van der Waals surface area contributed by atoms with Gasteiger partial charge in [0.05, 0.1) is 24.0 Å². The Balaban J connectivity index is 3.67. The molecule has 0 saturated carbocycles. The van der Waals surface area contributed by atoms with Gasteiger partial charge in [-0.1, -0.05) is 13.3 Å². The molecule has 1 aromatic rings. The average Bonchev–Trinajstić information content (AvgIpc) is 2.43. The largest absolute Gasteiger partial charge is 0.462 e. The number of benzene rings is 1. The monoisotopic (exact) mass is 408 g/mol. The van der Waals surface area contributed by atoms with Crippen molar-refractivity contribution in [2.45, 2.75) is 32.1 Å². The highest BCUT2D eigenvalue weighted by Crippen LogP contribution is 2.47. The van der Waals surface area contributed by atoms with E-state index >= 15 is 0 Å². The maximum Gasteiger partial charge on any atom is 0.420 e. The van der Waals surface area contributed by atoms with Crippen molar-refractivity contribution in [2.24, 2.45) is 0 Å². The van der Waals surface area contributed by atoms with Gasteiger partial charge in [-0.2, -0.15) is 34.8 Å². The smallest absolute Gasteiger partial charge is 0.420 e. The van der Waals surface area contributed by atoms with Crippen LogP contribution in [0.4, 0.5) is 26.3 Å². The number of carbonyl (C=O) groups is 1. The van der Waals surface area contributed by atoms with Crippen LogP contribution in [0.1, 0.15) is 41.3 Å². The van der Waals surface area contributed by atoms with Crippen molar-refractivity contribution in [1.29, 1.82) is 0 Å². The summed E-state index contributed by atoms with van der Waals surface area (Å²) in [4.78, 5) is 11.8. The first-order chi connectivity index (χ1) is 11.7. The maximum atomic E-state index is 13.3. The fraction of sp³-hybridized carbons (Fsp3) is 0.500. The van der Waals surface area contributed by atoms with E-state index in [-0.39, 0.29) is 6.61 Å². The third kappa shape index (κ3) is 5.78. The molecule has 148 valence electrons. The highest BCUT2D eigenvalue weighted by molar-refractivity contribution is 7.86. The fourth-order valence-corrected chi connectivity index (χ4v) is 2.41. The van der Waals surface area contributed by atoms with Gasteiger partial charge in [-0.15, -0.1) is 0 Å². The fourth-order valence-electron chi connectivity index (χ4n) is 1.95. The first kappa shape index (κ1) is 22.1. The Kier molecular flexibility index (Phi) is 6.55. The zero-order chi connectivity index (χ0) is 20.3. The van der Waals surface area contributed by atoms with E-state index in [4.69, 9.17) is 0 Å². The summed E-state index contributed by atoms with van der Waals surface area (Å²) in [6, 6.07) is 0.711. The van der Waals surface area contributed by atoms with Gasteiger partial charge in [-0.3, -0.25) is 0 Å². The molecule has 1 rings (SSSR count). The Hall–Kier alpha value is -1.98. The quantitative estimate of drug-likeness (QED) is 0.308. The Morgan fingerprint density at radius 1 is 1.04 bits per heavy atom. The molecule has 0 aliphatic carbocycles. The molecular formula is C14H14F6O5S. The molecule has 0 bridgehead atoms. The van der Waals surface area contributed by atoms with Crippen molar-refractivity contribution in [3.05, 3.63) is 28.8 Å². The van der Waals surface area contributed by atoms with Gasteiger partial charge in [0.2, 0.25) is 0 Å². The molecule has 0 radical (unpaired) electrons. The van der Waals surface area contributed by atoms with E-state index in [1.54, 1.807) is 6.92 Å². The normalized spacial score (nSPS) is 12.8. The molecule has 0 N–H and O–H groups in total. The molecule has 0 saturated heterocycles. The molecule has 0 fully saturated rings. The highest BCUT2D eigenvalue weighted by atomic mass is 32.2. The molecule has 1 aromatic carbocycles. The van der Waals surface area contributed by atoms with Crippen LogP contribution >= 0.6 is 0 Å². The summed E-state index contributed by atoms with van der Waals surface area (Å²) >= 11 is 0. The summed E-state index contributed by atoms with van der Waals surface area (Å²) in [5.41, 5.74) is -6.17. The van der Waals surface area contributed by atoms with Crippen molar-refractivity contribution >= 4 is 16.1 Å². The second kappa shape index (κ2) is 7.72. The second-order valence-electron chi connectivity index (χ2n) is 5.13. The van der Waals surface area contributed by atoms with E-state index < -0.39 is 50.9 Å². The van der Waals surface area contributed by atoms with E-state index in [0.717, 1.165) is 0 Å². The Morgan fingerprint density at radius 3 is 2.00 bits per heavy atom. The second-order valence-corrected chi connectivity index (χ2v) is 6.71. The Bertz CT molecular complexity index is 767. The first-order valence-corrected chi connectivity index (χ1v) is 8.88. The zero-order valence-electron chi connectivity index (χ0n) is 13.5. The van der Waals surface area contributed by atoms with Crippen LogP contribution < -0.4 is 4.18 Å². The van der Waals surface area contributed by atoms with E-state index in [2.05, 4.69) is 8.92 Å². The minimum atomic E-state index is -5.65. The van der Waals surface area contributed by atoms with Gasteiger partial charge in [-0.05, 0) is 18.6 Å². The minimum Gasteiger partial charge on any atom is -0.462 e.